The molecule has 1 aliphatic rings. The number of nitrogens with two attached hydrogens (primary N) is 1. The predicted molar refractivity (Wildman–Crippen MR) is 103 cm³/mol. The van der Waals surface area contributed by atoms with Crippen LogP contribution in [0, 0.1) is 0 Å². The molecule has 1 fully saturated rings. The lowest BCUT2D eigenvalue weighted by atomic mass is 10.1. The number of hydrogen-bond donors (Lipinski definition) is 2. The number of benzene rings is 1. The van der Waals surface area contributed by atoms with Crippen molar-refractivity contribution in [1.29, 1.82) is 0 Å². The largest absolute Gasteiger partial charge is 0.495 e. The Bertz CT molecular complexity index is 790. The minimum atomic E-state index is -0.361. The zero-order valence-electron chi connectivity index (χ0n) is 14.4. The van der Waals surface area contributed by atoms with E-state index in [1.54, 1.807) is 23.6 Å². The summed E-state index contributed by atoms with van der Waals surface area (Å²) in [7, 11) is 1.52. The topological polar surface area (TPSA) is 97.5 Å². The van der Waals surface area contributed by atoms with Crippen LogP contribution >= 0.6 is 23.7 Å². The molecule has 2 amide bonds. The number of likely N-dealkylation sites (tertiary alicyclic amines) is 1. The molecule has 1 aromatic carbocycles. The summed E-state index contributed by atoms with van der Waals surface area (Å²) in [5.74, 6) is 0.0929. The number of ether oxygens (including phenoxy) is 1. The van der Waals surface area contributed by atoms with Crippen LogP contribution in [0.1, 0.15) is 38.7 Å². The maximum absolute atomic E-state index is 12.5. The summed E-state index contributed by atoms with van der Waals surface area (Å²) in [6.07, 6.45) is 2.05. The number of methoxy groups -OCH3 is 1. The number of nitrogens with one attached hydrogen (secondary N) is 1. The van der Waals surface area contributed by atoms with E-state index >= 15 is 0 Å². The van der Waals surface area contributed by atoms with Gasteiger partial charge in [-0.15, -0.1) is 23.7 Å². The number of carbonyl (C=O) groups excluding carboxylic acids is 2. The Balaban J connectivity index is 0.00000243. The molecule has 0 unspecified atom stereocenters. The summed E-state index contributed by atoms with van der Waals surface area (Å²) in [5, 5.41) is 5.12. The Kier molecular flexibility index (Phi) is 6.96. The van der Waals surface area contributed by atoms with Crippen LogP contribution < -0.4 is 15.8 Å². The Labute approximate surface area is 162 Å². The first-order chi connectivity index (χ1) is 12.1. The van der Waals surface area contributed by atoms with Crippen molar-refractivity contribution in [2.75, 3.05) is 25.5 Å². The summed E-state index contributed by atoms with van der Waals surface area (Å²) in [5.41, 5.74) is 6.79. The second kappa shape index (κ2) is 8.98. The van der Waals surface area contributed by atoms with Crippen LogP contribution in [0.2, 0.25) is 0 Å². The summed E-state index contributed by atoms with van der Waals surface area (Å²) in [6, 6.07) is 5.05. The minimum Gasteiger partial charge on any atom is -0.495 e. The maximum atomic E-state index is 12.5. The average molecular weight is 397 g/mol. The van der Waals surface area contributed by atoms with Crippen molar-refractivity contribution in [3.63, 3.8) is 0 Å². The molecule has 1 aromatic heterocycles. The molecule has 1 saturated heterocycles. The molecule has 0 aliphatic carbocycles. The third-order valence-electron chi connectivity index (χ3n) is 4.05. The van der Waals surface area contributed by atoms with E-state index in [0.717, 1.165) is 25.9 Å². The lowest BCUT2D eigenvalue weighted by molar-refractivity contribution is 0.0792. The van der Waals surface area contributed by atoms with Gasteiger partial charge in [0.15, 0.2) is 0 Å². The SMILES string of the molecule is COc1ccc(C(=O)N2CCCC2)cc1NC(=O)c1csc(CN)n1.Cl. The van der Waals surface area contributed by atoms with Gasteiger partial charge in [-0.25, -0.2) is 4.98 Å². The van der Waals surface area contributed by atoms with E-state index in [-0.39, 0.29) is 24.2 Å². The molecule has 0 saturated carbocycles. The van der Waals surface area contributed by atoms with E-state index in [9.17, 15) is 9.59 Å². The maximum Gasteiger partial charge on any atom is 0.275 e. The summed E-state index contributed by atoms with van der Waals surface area (Å²) in [4.78, 5) is 30.9. The highest BCUT2D eigenvalue weighted by atomic mass is 35.5. The number of thiazole rings is 1. The van der Waals surface area contributed by atoms with E-state index in [0.29, 0.717) is 34.2 Å². The van der Waals surface area contributed by atoms with Crippen molar-refractivity contribution in [3.05, 3.63) is 39.8 Å². The van der Waals surface area contributed by atoms with Crippen LogP contribution in [-0.2, 0) is 6.54 Å². The molecule has 140 valence electrons. The van der Waals surface area contributed by atoms with Crippen molar-refractivity contribution in [3.8, 4) is 5.75 Å². The standard InChI is InChI=1S/C17H20N4O3S.ClH/c1-24-14-5-4-11(17(23)21-6-2-3-7-21)8-12(14)20-16(22)13-10-25-15(9-18)19-13;/h4-5,8,10H,2-3,6-7,9,18H2,1H3,(H,20,22);1H. The van der Waals surface area contributed by atoms with Crippen molar-refractivity contribution >= 4 is 41.2 Å². The number of aromatic nitrogens is 1. The second-order valence-electron chi connectivity index (χ2n) is 5.70. The quantitative estimate of drug-likeness (QED) is 0.809. The predicted octanol–water partition coefficient (Wildman–Crippen LogP) is 2.52. The molecule has 0 spiro atoms. The molecule has 1 aliphatic heterocycles. The Morgan fingerprint density at radius 3 is 2.69 bits per heavy atom. The highest BCUT2D eigenvalue weighted by Gasteiger charge is 2.21. The Morgan fingerprint density at radius 2 is 2.08 bits per heavy atom. The fraction of sp³-hybridized carbons (Fsp3) is 0.353. The van der Waals surface area contributed by atoms with Crippen LogP contribution in [0.25, 0.3) is 0 Å². The van der Waals surface area contributed by atoms with Gasteiger partial charge >= 0.3 is 0 Å². The number of nitrogens with zero attached hydrogens (tertiary/aromatic N) is 2. The molecule has 0 atom stereocenters. The van der Waals surface area contributed by atoms with Crippen molar-refractivity contribution < 1.29 is 14.3 Å². The van der Waals surface area contributed by atoms with Gasteiger partial charge in [-0.05, 0) is 31.0 Å². The normalized spacial score (nSPS) is 13.2. The van der Waals surface area contributed by atoms with Crippen LogP contribution in [0.5, 0.6) is 5.75 Å². The van der Waals surface area contributed by atoms with Gasteiger partial charge in [-0.1, -0.05) is 0 Å². The van der Waals surface area contributed by atoms with Crippen molar-refractivity contribution in [2.45, 2.75) is 19.4 Å². The number of carbonyl (C=O) groups is 2. The van der Waals surface area contributed by atoms with Crippen LogP contribution in [0.4, 0.5) is 5.69 Å². The molecule has 9 heteroatoms. The van der Waals surface area contributed by atoms with Gasteiger partial charge in [0.2, 0.25) is 0 Å². The molecular weight excluding hydrogens is 376 g/mol. The minimum absolute atomic E-state index is 0. The number of amides is 2. The molecule has 2 aromatic rings. The van der Waals surface area contributed by atoms with Crippen LogP contribution in [0.3, 0.4) is 0 Å². The first kappa shape index (κ1) is 20.2. The first-order valence-electron chi connectivity index (χ1n) is 8.05. The molecular formula is C17H21ClN4O3S. The zero-order chi connectivity index (χ0) is 17.8. The van der Waals surface area contributed by atoms with Gasteiger partial charge in [0, 0.05) is 30.6 Å². The number of anilines is 1. The van der Waals surface area contributed by atoms with E-state index in [1.165, 1.54) is 18.4 Å². The number of hydrogen-bond acceptors (Lipinski definition) is 6. The first-order valence-corrected chi connectivity index (χ1v) is 8.93. The van der Waals surface area contributed by atoms with Crippen molar-refractivity contribution in [2.24, 2.45) is 5.73 Å². The second-order valence-corrected chi connectivity index (χ2v) is 6.64. The lowest BCUT2D eigenvalue weighted by Crippen LogP contribution is -2.27. The Hall–Kier alpha value is -2.16. The monoisotopic (exact) mass is 396 g/mol. The fourth-order valence-electron chi connectivity index (χ4n) is 2.74. The Morgan fingerprint density at radius 1 is 1.35 bits per heavy atom. The van der Waals surface area contributed by atoms with Crippen molar-refractivity contribution in [1.82, 2.24) is 9.88 Å². The number of halogens is 1. The van der Waals surface area contributed by atoms with E-state index in [2.05, 4.69) is 10.3 Å². The van der Waals surface area contributed by atoms with Gasteiger partial charge < -0.3 is 20.7 Å². The van der Waals surface area contributed by atoms with Gasteiger partial charge in [-0.2, -0.15) is 0 Å². The van der Waals surface area contributed by atoms with Gasteiger partial charge in [-0.3, -0.25) is 9.59 Å². The number of rotatable bonds is 5. The van der Waals surface area contributed by atoms with Gasteiger partial charge in [0.25, 0.3) is 11.8 Å². The van der Waals surface area contributed by atoms with E-state index < -0.39 is 0 Å². The highest BCUT2D eigenvalue weighted by Crippen LogP contribution is 2.27. The fourth-order valence-corrected chi connectivity index (χ4v) is 3.39. The molecule has 2 heterocycles. The van der Waals surface area contributed by atoms with Gasteiger partial charge in [0.05, 0.1) is 12.8 Å². The summed E-state index contributed by atoms with van der Waals surface area (Å²) >= 11 is 1.33. The molecule has 26 heavy (non-hydrogen) atoms. The van der Waals surface area contributed by atoms with Crippen LogP contribution in [0.15, 0.2) is 23.6 Å². The average Bonchev–Trinajstić information content (AvgIpc) is 3.32. The van der Waals surface area contributed by atoms with Gasteiger partial charge in [0.1, 0.15) is 16.5 Å². The molecule has 7 nitrogen and oxygen atoms in total. The third kappa shape index (κ3) is 4.32. The zero-order valence-corrected chi connectivity index (χ0v) is 16.0. The smallest absolute Gasteiger partial charge is 0.275 e. The summed E-state index contributed by atoms with van der Waals surface area (Å²) in [6.45, 7) is 1.83. The van der Waals surface area contributed by atoms with E-state index in [1.807, 2.05) is 4.90 Å². The molecule has 0 radical (unpaired) electrons. The molecule has 3 rings (SSSR count). The summed E-state index contributed by atoms with van der Waals surface area (Å²) < 4.78 is 5.29. The lowest BCUT2D eigenvalue weighted by Gasteiger charge is -2.17. The third-order valence-corrected chi connectivity index (χ3v) is 4.92. The molecule has 3 N–H and O–H groups in total. The molecule has 0 bridgehead atoms. The van der Waals surface area contributed by atoms with Crippen LogP contribution in [-0.4, -0.2) is 41.9 Å². The van der Waals surface area contributed by atoms with E-state index in [4.69, 9.17) is 10.5 Å². The highest BCUT2D eigenvalue weighted by molar-refractivity contribution is 7.09.